The first kappa shape index (κ1) is 14.0. The number of hydrogen-bond acceptors (Lipinski definition) is 5. The molecule has 1 aromatic rings. The lowest BCUT2D eigenvalue weighted by molar-refractivity contribution is -0.126. The van der Waals surface area contributed by atoms with E-state index >= 15 is 0 Å². The van der Waals surface area contributed by atoms with Crippen LogP contribution in [0.5, 0.6) is 0 Å². The molecule has 0 aromatic carbocycles. The topological polar surface area (TPSA) is 110 Å². The molecule has 8 heteroatoms. The van der Waals surface area contributed by atoms with Gasteiger partial charge in [0.25, 0.3) is 0 Å². The highest BCUT2D eigenvalue weighted by atomic mass is 16.3. The van der Waals surface area contributed by atoms with Crippen molar-refractivity contribution in [2.24, 2.45) is 11.8 Å². The minimum absolute atomic E-state index is 0.0380. The fraction of sp³-hybridized carbons (Fsp3) is 0.615. The fourth-order valence-corrected chi connectivity index (χ4v) is 2.83. The molecule has 114 valence electrons. The number of aromatic amines is 1. The van der Waals surface area contributed by atoms with E-state index in [-0.39, 0.29) is 30.1 Å². The highest BCUT2D eigenvalue weighted by Crippen LogP contribution is 2.24. The monoisotopic (exact) mass is 293 g/mol. The summed E-state index contributed by atoms with van der Waals surface area (Å²) >= 11 is 0. The van der Waals surface area contributed by atoms with E-state index in [0.717, 1.165) is 0 Å². The quantitative estimate of drug-likeness (QED) is 0.538. The second-order valence-electron chi connectivity index (χ2n) is 5.59. The Bertz CT molecular complexity index is 518. The fourth-order valence-electron chi connectivity index (χ4n) is 2.83. The molecule has 21 heavy (non-hydrogen) atoms. The molecule has 0 saturated carbocycles. The molecule has 2 fully saturated rings. The Morgan fingerprint density at radius 1 is 1.52 bits per heavy atom. The molecule has 1 aromatic heterocycles. The number of anilines is 1. The molecule has 0 spiro atoms. The van der Waals surface area contributed by atoms with Gasteiger partial charge in [-0.3, -0.25) is 14.7 Å². The first-order valence-corrected chi connectivity index (χ1v) is 7.11. The average Bonchev–Trinajstić information content (AvgIpc) is 3.17. The number of amides is 2. The van der Waals surface area contributed by atoms with Crippen LogP contribution < -0.4 is 15.5 Å². The number of β-amino-alcohol motifs (C(OH)–C–C–N with tert-alkyl or cyclic N) is 1. The van der Waals surface area contributed by atoms with Crippen LogP contribution >= 0.6 is 0 Å². The standard InChI is InChI=1S/C13H19N5O3/c19-11-6-14-2-9(11)3-15-13(21)8-1-12(20)18(7-8)10-4-16-17-5-10/h4-5,8-9,11,14,19H,1-3,6-7H2,(H,15,21)(H,16,17). The van der Waals surface area contributed by atoms with Crippen LogP contribution in [0.15, 0.2) is 12.4 Å². The zero-order chi connectivity index (χ0) is 14.8. The number of hydrogen-bond donors (Lipinski definition) is 4. The van der Waals surface area contributed by atoms with Crippen LogP contribution in [0.25, 0.3) is 0 Å². The summed E-state index contributed by atoms with van der Waals surface area (Å²) in [6, 6.07) is 0. The maximum absolute atomic E-state index is 12.2. The molecule has 8 nitrogen and oxygen atoms in total. The van der Waals surface area contributed by atoms with Crippen LogP contribution in [0.4, 0.5) is 5.69 Å². The predicted octanol–water partition coefficient (Wildman–Crippen LogP) is -1.54. The normalized spacial score (nSPS) is 29.1. The van der Waals surface area contributed by atoms with E-state index in [1.54, 1.807) is 17.3 Å². The zero-order valence-corrected chi connectivity index (χ0v) is 11.6. The SMILES string of the molecule is O=C(NCC1CNCC1O)C1CC(=O)N(c2cn[nH]c2)C1. The number of carbonyl (C=O) groups excluding carboxylic acids is 2. The summed E-state index contributed by atoms with van der Waals surface area (Å²) in [6.45, 7) is 2.07. The smallest absolute Gasteiger partial charge is 0.227 e. The minimum Gasteiger partial charge on any atom is -0.391 e. The molecule has 3 rings (SSSR count). The third-order valence-corrected chi connectivity index (χ3v) is 4.13. The highest BCUT2D eigenvalue weighted by molar-refractivity contribution is 6.00. The number of rotatable bonds is 4. The van der Waals surface area contributed by atoms with Gasteiger partial charge in [0.1, 0.15) is 0 Å². The number of nitrogens with one attached hydrogen (secondary N) is 3. The van der Waals surface area contributed by atoms with Gasteiger partial charge in [-0.25, -0.2) is 0 Å². The number of aromatic nitrogens is 2. The van der Waals surface area contributed by atoms with Gasteiger partial charge in [0.2, 0.25) is 11.8 Å². The first-order valence-electron chi connectivity index (χ1n) is 7.11. The third kappa shape index (κ3) is 2.91. The van der Waals surface area contributed by atoms with Gasteiger partial charge in [0.15, 0.2) is 0 Å². The molecule has 2 aliphatic heterocycles. The van der Waals surface area contributed by atoms with Gasteiger partial charge in [-0.2, -0.15) is 5.10 Å². The maximum atomic E-state index is 12.2. The average molecular weight is 293 g/mol. The molecule has 4 N–H and O–H groups in total. The van der Waals surface area contributed by atoms with Crippen molar-refractivity contribution in [1.82, 2.24) is 20.8 Å². The number of aliphatic hydroxyl groups is 1. The van der Waals surface area contributed by atoms with Crippen LogP contribution in [0.1, 0.15) is 6.42 Å². The summed E-state index contributed by atoms with van der Waals surface area (Å²) in [5.74, 6) is -0.512. The van der Waals surface area contributed by atoms with Gasteiger partial charge in [-0.05, 0) is 0 Å². The molecule has 2 saturated heterocycles. The van der Waals surface area contributed by atoms with E-state index in [1.807, 2.05) is 0 Å². The molecule has 2 amide bonds. The Kier molecular flexibility index (Phi) is 3.89. The van der Waals surface area contributed by atoms with Crippen molar-refractivity contribution in [3.8, 4) is 0 Å². The molecule has 0 radical (unpaired) electrons. The molecule has 3 heterocycles. The molecule has 0 aliphatic carbocycles. The van der Waals surface area contributed by atoms with E-state index in [2.05, 4.69) is 20.8 Å². The summed E-state index contributed by atoms with van der Waals surface area (Å²) < 4.78 is 0. The van der Waals surface area contributed by atoms with Gasteiger partial charge in [0, 0.05) is 44.7 Å². The molecular formula is C13H19N5O3. The molecule has 3 atom stereocenters. The van der Waals surface area contributed by atoms with E-state index in [4.69, 9.17) is 0 Å². The van der Waals surface area contributed by atoms with Crippen molar-refractivity contribution in [3.63, 3.8) is 0 Å². The summed E-state index contributed by atoms with van der Waals surface area (Å²) in [5, 5.41) is 22.1. The predicted molar refractivity (Wildman–Crippen MR) is 74.4 cm³/mol. The summed E-state index contributed by atoms with van der Waals surface area (Å²) in [6.07, 6.45) is 3.00. The van der Waals surface area contributed by atoms with E-state index in [1.165, 1.54) is 0 Å². The Labute approximate surface area is 121 Å². The van der Waals surface area contributed by atoms with Crippen LogP contribution in [-0.4, -0.2) is 59.4 Å². The lowest BCUT2D eigenvalue weighted by Gasteiger charge is -2.17. The number of carbonyl (C=O) groups is 2. The van der Waals surface area contributed by atoms with Gasteiger partial charge in [0.05, 0.1) is 23.9 Å². The lowest BCUT2D eigenvalue weighted by atomic mass is 10.0. The van der Waals surface area contributed by atoms with Crippen LogP contribution in [0.2, 0.25) is 0 Å². The summed E-state index contributed by atoms with van der Waals surface area (Å²) in [7, 11) is 0. The largest absolute Gasteiger partial charge is 0.391 e. The Hall–Kier alpha value is -1.93. The maximum Gasteiger partial charge on any atom is 0.227 e. The number of aliphatic hydroxyl groups excluding tert-OH is 1. The highest BCUT2D eigenvalue weighted by Gasteiger charge is 2.36. The molecular weight excluding hydrogens is 274 g/mol. The van der Waals surface area contributed by atoms with Crippen molar-refractivity contribution >= 4 is 17.5 Å². The third-order valence-electron chi connectivity index (χ3n) is 4.13. The summed E-state index contributed by atoms with van der Waals surface area (Å²) in [4.78, 5) is 25.7. The number of nitrogens with zero attached hydrogens (tertiary/aromatic N) is 2. The molecule has 2 aliphatic rings. The second kappa shape index (κ2) is 5.82. The molecule has 3 unspecified atom stereocenters. The minimum atomic E-state index is -0.419. The second-order valence-corrected chi connectivity index (χ2v) is 5.59. The van der Waals surface area contributed by atoms with Crippen molar-refractivity contribution in [1.29, 1.82) is 0 Å². The van der Waals surface area contributed by atoms with E-state index < -0.39 is 6.10 Å². The Balaban J connectivity index is 1.53. The van der Waals surface area contributed by atoms with Gasteiger partial charge in [-0.1, -0.05) is 0 Å². The van der Waals surface area contributed by atoms with Crippen molar-refractivity contribution in [3.05, 3.63) is 12.4 Å². The van der Waals surface area contributed by atoms with Gasteiger partial charge < -0.3 is 20.6 Å². The van der Waals surface area contributed by atoms with Crippen molar-refractivity contribution in [2.45, 2.75) is 12.5 Å². The van der Waals surface area contributed by atoms with Gasteiger partial charge in [-0.15, -0.1) is 0 Å². The van der Waals surface area contributed by atoms with Crippen molar-refractivity contribution < 1.29 is 14.7 Å². The van der Waals surface area contributed by atoms with E-state index in [0.29, 0.717) is 31.9 Å². The molecule has 0 bridgehead atoms. The van der Waals surface area contributed by atoms with E-state index in [9.17, 15) is 14.7 Å². The lowest BCUT2D eigenvalue weighted by Crippen LogP contribution is -2.38. The summed E-state index contributed by atoms with van der Waals surface area (Å²) in [5.41, 5.74) is 0.686. The van der Waals surface area contributed by atoms with Crippen LogP contribution in [0.3, 0.4) is 0 Å². The van der Waals surface area contributed by atoms with Crippen LogP contribution in [0, 0.1) is 11.8 Å². The Morgan fingerprint density at radius 2 is 2.38 bits per heavy atom. The van der Waals surface area contributed by atoms with Crippen molar-refractivity contribution in [2.75, 3.05) is 31.1 Å². The number of H-pyrrole nitrogens is 1. The zero-order valence-electron chi connectivity index (χ0n) is 11.6. The Morgan fingerprint density at radius 3 is 3.05 bits per heavy atom. The van der Waals surface area contributed by atoms with Gasteiger partial charge >= 0.3 is 0 Å². The van der Waals surface area contributed by atoms with Crippen LogP contribution in [-0.2, 0) is 9.59 Å². The first-order chi connectivity index (χ1) is 10.1.